The predicted molar refractivity (Wildman–Crippen MR) is 77.5 cm³/mol. The Morgan fingerprint density at radius 1 is 1.10 bits per heavy atom. The van der Waals surface area contributed by atoms with Crippen LogP contribution >= 0.6 is 0 Å². The second-order valence-electron chi connectivity index (χ2n) is 3.97. The van der Waals surface area contributed by atoms with Crippen LogP contribution in [0.15, 0.2) is 61.4 Å². The van der Waals surface area contributed by atoms with Gasteiger partial charge < -0.3 is 10.6 Å². The van der Waals surface area contributed by atoms with Crippen LogP contribution in [0.1, 0.15) is 10.4 Å². The molecule has 2 N–H and O–H groups in total. The number of rotatable bonds is 4. The molecular formula is C15H13N3O2. The molecule has 0 aliphatic rings. The summed E-state index contributed by atoms with van der Waals surface area (Å²) in [6.45, 7) is 3.38. The lowest BCUT2D eigenvalue weighted by molar-refractivity contribution is -0.111. The van der Waals surface area contributed by atoms with Gasteiger partial charge in [0, 0.05) is 23.8 Å². The fourth-order valence-electron chi connectivity index (χ4n) is 1.57. The lowest BCUT2D eigenvalue weighted by Crippen LogP contribution is -2.12. The average Bonchev–Trinajstić information content (AvgIpc) is 2.48. The van der Waals surface area contributed by atoms with Crippen molar-refractivity contribution >= 4 is 23.2 Å². The molecule has 0 saturated carbocycles. The fraction of sp³-hybridized carbons (Fsp3) is 0. The summed E-state index contributed by atoms with van der Waals surface area (Å²) < 4.78 is 0. The highest BCUT2D eigenvalue weighted by Crippen LogP contribution is 2.16. The molecule has 0 radical (unpaired) electrons. The summed E-state index contributed by atoms with van der Waals surface area (Å²) in [6.07, 6.45) is 4.27. The molecular weight excluding hydrogens is 254 g/mol. The third-order valence-corrected chi connectivity index (χ3v) is 2.50. The van der Waals surface area contributed by atoms with Gasteiger partial charge in [-0.2, -0.15) is 0 Å². The number of aromatic nitrogens is 1. The number of hydrogen-bond acceptors (Lipinski definition) is 3. The zero-order valence-electron chi connectivity index (χ0n) is 10.7. The van der Waals surface area contributed by atoms with Crippen LogP contribution < -0.4 is 10.6 Å². The Bertz CT molecular complexity index is 639. The van der Waals surface area contributed by atoms with Crippen molar-refractivity contribution in [2.75, 3.05) is 10.6 Å². The maximum absolute atomic E-state index is 11.9. The first-order valence-electron chi connectivity index (χ1n) is 5.94. The molecule has 2 aromatic rings. The van der Waals surface area contributed by atoms with E-state index in [0.717, 1.165) is 0 Å². The van der Waals surface area contributed by atoms with Crippen LogP contribution in [-0.2, 0) is 4.79 Å². The van der Waals surface area contributed by atoms with Gasteiger partial charge in [0.15, 0.2) is 0 Å². The van der Waals surface area contributed by atoms with Gasteiger partial charge in [-0.15, -0.1) is 0 Å². The van der Waals surface area contributed by atoms with E-state index in [4.69, 9.17) is 0 Å². The number of nitrogens with one attached hydrogen (secondary N) is 2. The Balaban J connectivity index is 2.10. The molecule has 0 bridgehead atoms. The SMILES string of the molecule is C=CC(=O)Nc1cccc(NC(=O)c2cccnc2)c1. The number of amides is 2. The summed E-state index contributed by atoms with van der Waals surface area (Å²) in [6, 6.07) is 10.2. The summed E-state index contributed by atoms with van der Waals surface area (Å²) in [5, 5.41) is 5.36. The van der Waals surface area contributed by atoms with E-state index in [1.54, 1.807) is 42.6 Å². The van der Waals surface area contributed by atoms with E-state index in [0.29, 0.717) is 16.9 Å². The second kappa shape index (κ2) is 6.29. The molecule has 20 heavy (non-hydrogen) atoms. The molecule has 2 rings (SSSR count). The van der Waals surface area contributed by atoms with Crippen LogP contribution in [0, 0.1) is 0 Å². The van der Waals surface area contributed by atoms with Gasteiger partial charge in [-0.3, -0.25) is 14.6 Å². The third-order valence-electron chi connectivity index (χ3n) is 2.50. The highest BCUT2D eigenvalue weighted by atomic mass is 16.2. The lowest BCUT2D eigenvalue weighted by Gasteiger charge is -2.07. The standard InChI is InChI=1S/C15H13N3O2/c1-2-14(19)17-12-6-3-7-13(9-12)18-15(20)11-5-4-8-16-10-11/h2-10H,1H2,(H,17,19)(H,18,20). The van der Waals surface area contributed by atoms with Gasteiger partial charge in [0.1, 0.15) is 0 Å². The average molecular weight is 267 g/mol. The minimum absolute atomic E-state index is 0.259. The van der Waals surface area contributed by atoms with Crippen LogP contribution in [0.2, 0.25) is 0 Å². The molecule has 0 fully saturated rings. The summed E-state index contributed by atoms with van der Waals surface area (Å²) in [5.41, 5.74) is 1.63. The second-order valence-corrected chi connectivity index (χ2v) is 3.97. The quantitative estimate of drug-likeness (QED) is 0.836. The van der Waals surface area contributed by atoms with Crippen molar-refractivity contribution in [3.8, 4) is 0 Å². The first-order chi connectivity index (χ1) is 9.69. The Hall–Kier alpha value is -2.95. The van der Waals surface area contributed by atoms with Gasteiger partial charge in [-0.05, 0) is 36.4 Å². The molecule has 0 atom stereocenters. The highest BCUT2D eigenvalue weighted by molar-refractivity contribution is 6.04. The number of benzene rings is 1. The van der Waals surface area contributed by atoms with E-state index in [1.165, 1.54) is 12.3 Å². The molecule has 5 heteroatoms. The van der Waals surface area contributed by atoms with E-state index in [9.17, 15) is 9.59 Å². The van der Waals surface area contributed by atoms with Crippen molar-refractivity contribution in [2.45, 2.75) is 0 Å². The van der Waals surface area contributed by atoms with Crippen molar-refractivity contribution in [1.29, 1.82) is 0 Å². The van der Waals surface area contributed by atoms with Crippen molar-refractivity contribution in [1.82, 2.24) is 4.98 Å². The van der Waals surface area contributed by atoms with E-state index in [-0.39, 0.29) is 11.8 Å². The van der Waals surface area contributed by atoms with Crippen molar-refractivity contribution in [3.63, 3.8) is 0 Å². The summed E-state index contributed by atoms with van der Waals surface area (Å²) in [4.78, 5) is 27.0. The molecule has 0 aliphatic carbocycles. The monoisotopic (exact) mass is 267 g/mol. The van der Waals surface area contributed by atoms with Gasteiger partial charge in [0.25, 0.3) is 5.91 Å². The van der Waals surface area contributed by atoms with Crippen LogP contribution in [0.25, 0.3) is 0 Å². The van der Waals surface area contributed by atoms with E-state index >= 15 is 0 Å². The summed E-state index contributed by atoms with van der Waals surface area (Å²) in [5.74, 6) is -0.564. The van der Waals surface area contributed by atoms with E-state index < -0.39 is 0 Å². The number of carbonyl (C=O) groups is 2. The predicted octanol–water partition coefficient (Wildman–Crippen LogP) is 2.46. The molecule has 1 aromatic carbocycles. The third kappa shape index (κ3) is 3.52. The molecule has 5 nitrogen and oxygen atoms in total. The Kier molecular flexibility index (Phi) is 4.24. The minimum atomic E-state index is -0.305. The van der Waals surface area contributed by atoms with Gasteiger partial charge in [-0.25, -0.2) is 0 Å². The zero-order valence-corrected chi connectivity index (χ0v) is 10.7. The zero-order chi connectivity index (χ0) is 14.4. The number of carbonyl (C=O) groups excluding carboxylic acids is 2. The van der Waals surface area contributed by atoms with Crippen molar-refractivity contribution in [2.24, 2.45) is 0 Å². The van der Waals surface area contributed by atoms with Crippen molar-refractivity contribution < 1.29 is 9.59 Å². The molecule has 1 aromatic heterocycles. The molecule has 100 valence electrons. The smallest absolute Gasteiger partial charge is 0.257 e. The maximum Gasteiger partial charge on any atom is 0.257 e. The Labute approximate surface area is 116 Å². The fourth-order valence-corrected chi connectivity index (χ4v) is 1.57. The first-order valence-corrected chi connectivity index (χ1v) is 5.94. The van der Waals surface area contributed by atoms with E-state index in [1.807, 2.05) is 0 Å². The molecule has 1 heterocycles. The van der Waals surface area contributed by atoms with Crippen LogP contribution in [-0.4, -0.2) is 16.8 Å². The van der Waals surface area contributed by atoms with Crippen LogP contribution in [0.4, 0.5) is 11.4 Å². The van der Waals surface area contributed by atoms with Gasteiger partial charge in [-0.1, -0.05) is 12.6 Å². The number of hydrogen-bond donors (Lipinski definition) is 2. The molecule has 0 aliphatic heterocycles. The molecule has 0 spiro atoms. The van der Waals surface area contributed by atoms with Crippen LogP contribution in [0.5, 0.6) is 0 Å². The molecule has 0 saturated heterocycles. The van der Waals surface area contributed by atoms with Gasteiger partial charge >= 0.3 is 0 Å². The number of pyridine rings is 1. The number of nitrogens with zero attached hydrogens (tertiary/aromatic N) is 1. The Morgan fingerprint density at radius 2 is 1.85 bits per heavy atom. The first kappa shape index (κ1) is 13.5. The van der Waals surface area contributed by atoms with Crippen LogP contribution in [0.3, 0.4) is 0 Å². The molecule has 2 amide bonds. The molecule has 0 unspecified atom stereocenters. The Morgan fingerprint density at radius 3 is 2.50 bits per heavy atom. The minimum Gasteiger partial charge on any atom is -0.322 e. The van der Waals surface area contributed by atoms with Crippen molar-refractivity contribution in [3.05, 3.63) is 67.0 Å². The van der Waals surface area contributed by atoms with E-state index in [2.05, 4.69) is 22.2 Å². The summed E-state index contributed by atoms with van der Waals surface area (Å²) >= 11 is 0. The lowest BCUT2D eigenvalue weighted by atomic mass is 10.2. The topological polar surface area (TPSA) is 71.1 Å². The normalized spacial score (nSPS) is 9.60. The number of anilines is 2. The largest absolute Gasteiger partial charge is 0.322 e. The maximum atomic E-state index is 11.9. The highest BCUT2D eigenvalue weighted by Gasteiger charge is 2.06. The van der Waals surface area contributed by atoms with Gasteiger partial charge in [0.05, 0.1) is 5.56 Å². The summed E-state index contributed by atoms with van der Waals surface area (Å²) in [7, 11) is 0. The van der Waals surface area contributed by atoms with Gasteiger partial charge in [0.2, 0.25) is 5.91 Å².